The molecule has 0 bridgehead atoms. The second kappa shape index (κ2) is 7.38. The predicted octanol–water partition coefficient (Wildman–Crippen LogP) is 2.20. The van der Waals surface area contributed by atoms with Gasteiger partial charge in [0, 0.05) is 18.2 Å². The summed E-state index contributed by atoms with van der Waals surface area (Å²) in [6.07, 6.45) is 0.898. The average Bonchev–Trinajstić information content (AvgIpc) is 2.36. The molecule has 3 N–H and O–H groups in total. The van der Waals surface area contributed by atoms with Crippen LogP contribution in [0, 0.1) is 0 Å². The smallest absolute Gasteiger partial charge is 0.258 e. The van der Waals surface area contributed by atoms with Gasteiger partial charge in [0.05, 0.1) is 4.47 Å². The van der Waals surface area contributed by atoms with Gasteiger partial charge in [0.25, 0.3) is 5.91 Å². The Morgan fingerprint density at radius 3 is 2.89 bits per heavy atom. The Balaban J connectivity index is 2.60. The first-order valence-electron chi connectivity index (χ1n) is 5.98. The molecule has 1 rings (SSSR count). The fourth-order valence-electron chi connectivity index (χ4n) is 1.43. The largest absolute Gasteiger partial charge is 0.482 e. The summed E-state index contributed by atoms with van der Waals surface area (Å²) in [5, 5.41) is 2.85. The molecule has 100 valence electrons. The molecule has 5 heteroatoms. The van der Waals surface area contributed by atoms with Gasteiger partial charge in [-0.2, -0.15) is 0 Å². The SMILES string of the molecule is CCC(C)NC(=O)COc1c(Br)cccc1CN. The number of hydrogen-bond acceptors (Lipinski definition) is 3. The van der Waals surface area contributed by atoms with Crippen LogP contribution in [-0.2, 0) is 11.3 Å². The van der Waals surface area contributed by atoms with Crippen molar-refractivity contribution in [1.29, 1.82) is 0 Å². The first-order chi connectivity index (χ1) is 8.58. The van der Waals surface area contributed by atoms with Gasteiger partial charge in [-0.15, -0.1) is 0 Å². The van der Waals surface area contributed by atoms with E-state index < -0.39 is 0 Å². The predicted molar refractivity (Wildman–Crippen MR) is 75.4 cm³/mol. The van der Waals surface area contributed by atoms with Crippen LogP contribution in [0.5, 0.6) is 5.75 Å². The maximum atomic E-state index is 11.6. The lowest BCUT2D eigenvalue weighted by Crippen LogP contribution is -2.35. The Morgan fingerprint density at radius 1 is 1.56 bits per heavy atom. The highest BCUT2D eigenvalue weighted by molar-refractivity contribution is 9.10. The fourth-order valence-corrected chi connectivity index (χ4v) is 1.95. The van der Waals surface area contributed by atoms with Crippen LogP contribution < -0.4 is 15.8 Å². The Hall–Kier alpha value is -1.07. The number of nitrogens with two attached hydrogens (primary N) is 1. The minimum atomic E-state index is -0.122. The number of nitrogens with one attached hydrogen (secondary N) is 1. The van der Waals surface area contributed by atoms with Crippen molar-refractivity contribution in [3.63, 3.8) is 0 Å². The van der Waals surface area contributed by atoms with Gasteiger partial charge in [-0.1, -0.05) is 19.1 Å². The molecular weight excluding hydrogens is 296 g/mol. The van der Waals surface area contributed by atoms with E-state index in [0.717, 1.165) is 16.5 Å². The van der Waals surface area contributed by atoms with Crippen molar-refractivity contribution >= 4 is 21.8 Å². The van der Waals surface area contributed by atoms with E-state index in [4.69, 9.17) is 10.5 Å². The fraction of sp³-hybridized carbons (Fsp3) is 0.462. The third-order valence-corrected chi connectivity index (χ3v) is 3.26. The van der Waals surface area contributed by atoms with Gasteiger partial charge in [-0.25, -0.2) is 0 Å². The van der Waals surface area contributed by atoms with Gasteiger partial charge < -0.3 is 15.8 Å². The summed E-state index contributed by atoms with van der Waals surface area (Å²) >= 11 is 3.39. The lowest BCUT2D eigenvalue weighted by Gasteiger charge is -2.14. The number of amides is 1. The van der Waals surface area contributed by atoms with Gasteiger partial charge in [-0.05, 0) is 35.3 Å². The van der Waals surface area contributed by atoms with Crippen LogP contribution in [-0.4, -0.2) is 18.6 Å². The van der Waals surface area contributed by atoms with E-state index in [1.165, 1.54) is 0 Å². The second-order valence-corrected chi connectivity index (χ2v) is 4.95. The van der Waals surface area contributed by atoms with Crippen molar-refractivity contribution in [2.45, 2.75) is 32.9 Å². The van der Waals surface area contributed by atoms with E-state index in [1.807, 2.05) is 32.0 Å². The minimum absolute atomic E-state index is 0.0000463. The summed E-state index contributed by atoms with van der Waals surface area (Å²) in [5.41, 5.74) is 6.50. The number of halogens is 1. The molecule has 0 fully saturated rings. The molecule has 0 saturated carbocycles. The molecule has 0 heterocycles. The van der Waals surface area contributed by atoms with E-state index in [2.05, 4.69) is 21.2 Å². The van der Waals surface area contributed by atoms with Crippen molar-refractivity contribution < 1.29 is 9.53 Å². The Morgan fingerprint density at radius 2 is 2.28 bits per heavy atom. The van der Waals surface area contributed by atoms with E-state index in [0.29, 0.717) is 12.3 Å². The van der Waals surface area contributed by atoms with Crippen LogP contribution in [0.3, 0.4) is 0 Å². The molecule has 1 atom stereocenters. The second-order valence-electron chi connectivity index (χ2n) is 4.10. The maximum absolute atomic E-state index is 11.6. The molecule has 1 unspecified atom stereocenters. The molecule has 1 amide bonds. The summed E-state index contributed by atoms with van der Waals surface area (Å²) in [5.74, 6) is 0.516. The number of rotatable bonds is 6. The van der Waals surface area contributed by atoms with Crippen molar-refractivity contribution in [3.05, 3.63) is 28.2 Å². The monoisotopic (exact) mass is 314 g/mol. The lowest BCUT2D eigenvalue weighted by molar-refractivity contribution is -0.123. The molecule has 0 aliphatic heterocycles. The summed E-state index contributed by atoms with van der Waals surface area (Å²) in [6, 6.07) is 5.79. The Kier molecular flexibility index (Phi) is 6.15. The van der Waals surface area contributed by atoms with Crippen LogP contribution in [0.25, 0.3) is 0 Å². The molecule has 0 aliphatic rings. The van der Waals surface area contributed by atoms with Gasteiger partial charge in [0.15, 0.2) is 6.61 Å². The number of hydrogen-bond donors (Lipinski definition) is 2. The van der Waals surface area contributed by atoms with Gasteiger partial charge in [0.1, 0.15) is 5.75 Å². The summed E-state index contributed by atoms with van der Waals surface area (Å²) < 4.78 is 6.33. The number of carbonyl (C=O) groups excluding carboxylic acids is 1. The van der Waals surface area contributed by atoms with Crippen LogP contribution in [0.2, 0.25) is 0 Å². The van der Waals surface area contributed by atoms with E-state index in [9.17, 15) is 4.79 Å². The van der Waals surface area contributed by atoms with Crippen LogP contribution in [0.4, 0.5) is 0 Å². The van der Waals surface area contributed by atoms with Crippen LogP contribution in [0.1, 0.15) is 25.8 Å². The third kappa shape index (κ3) is 4.31. The van der Waals surface area contributed by atoms with Gasteiger partial charge in [0.2, 0.25) is 0 Å². The highest BCUT2D eigenvalue weighted by atomic mass is 79.9. The van der Waals surface area contributed by atoms with E-state index in [1.54, 1.807) is 0 Å². The number of carbonyl (C=O) groups is 1. The standard InChI is InChI=1S/C13H19BrN2O2/c1-3-9(2)16-12(17)8-18-13-10(7-15)5-4-6-11(13)14/h4-6,9H,3,7-8,15H2,1-2H3,(H,16,17). The molecule has 1 aromatic rings. The molecular formula is C13H19BrN2O2. The van der Waals surface area contributed by atoms with Crippen molar-refractivity contribution in [2.75, 3.05) is 6.61 Å². The van der Waals surface area contributed by atoms with Crippen molar-refractivity contribution in [3.8, 4) is 5.75 Å². The summed E-state index contributed by atoms with van der Waals surface area (Å²) in [6.45, 7) is 4.36. The highest BCUT2D eigenvalue weighted by Crippen LogP contribution is 2.28. The summed E-state index contributed by atoms with van der Waals surface area (Å²) in [4.78, 5) is 11.6. The minimum Gasteiger partial charge on any atom is -0.482 e. The lowest BCUT2D eigenvalue weighted by atomic mass is 10.2. The maximum Gasteiger partial charge on any atom is 0.258 e. The molecule has 0 aromatic heterocycles. The molecule has 0 spiro atoms. The van der Waals surface area contributed by atoms with Crippen LogP contribution in [0.15, 0.2) is 22.7 Å². The van der Waals surface area contributed by atoms with Gasteiger partial charge >= 0.3 is 0 Å². The van der Waals surface area contributed by atoms with E-state index in [-0.39, 0.29) is 18.6 Å². The number of para-hydroxylation sites is 1. The molecule has 0 radical (unpaired) electrons. The molecule has 4 nitrogen and oxygen atoms in total. The zero-order chi connectivity index (χ0) is 13.5. The molecule has 18 heavy (non-hydrogen) atoms. The average molecular weight is 315 g/mol. The normalized spacial score (nSPS) is 12.0. The first-order valence-corrected chi connectivity index (χ1v) is 6.77. The summed E-state index contributed by atoms with van der Waals surface area (Å²) in [7, 11) is 0. The zero-order valence-electron chi connectivity index (χ0n) is 10.7. The van der Waals surface area contributed by atoms with Crippen LogP contribution >= 0.6 is 15.9 Å². The van der Waals surface area contributed by atoms with E-state index >= 15 is 0 Å². The zero-order valence-corrected chi connectivity index (χ0v) is 12.3. The quantitative estimate of drug-likeness (QED) is 0.846. The molecule has 0 saturated heterocycles. The van der Waals surface area contributed by atoms with Gasteiger partial charge in [-0.3, -0.25) is 4.79 Å². The molecule has 0 aliphatic carbocycles. The Labute approximate surface area is 116 Å². The Bertz CT molecular complexity index is 410. The van der Waals surface area contributed by atoms with Crippen molar-refractivity contribution in [1.82, 2.24) is 5.32 Å². The highest BCUT2D eigenvalue weighted by Gasteiger charge is 2.10. The van der Waals surface area contributed by atoms with Crippen molar-refractivity contribution in [2.24, 2.45) is 5.73 Å². The topological polar surface area (TPSA) is 64.3 Å². The third-order valence-electron chi connectivity index (χ3n) is 2.64. The molecule has 1 aromatic carbocycles. The number of ether oxygens (including phenoxy) is 1. The first kappa shape index (κ1) is 15.0. The number of benzene rings is 1.